The van der Waals surface area contributed by atoms with Gasteiger partial charge in [0, 0.05) is 5.56 Å². The van der Waals surface area contributed by atoms with E-state index in [0.29, 0.717) is 23.2 Å². The number of aromatic nitrogens is 3. The van der Waals surface area contributed by atoms with Crippen LogP contribution in [0.25, 0.3) is 0 Å². The van der Waals surface area contributed by atoms with E-state index in [1.165, 1.54) is 11.0 Å². The third kappa shape index (κ3) is 3.14. The zero-order valence-electron chi connectivity index (χ0n) is 11.9. The number of rotatable bonds is 6. The molecule has 0 bridgehead atoms. The van der Waals surface area contributed by atoms with Gasteiger partial charge in [-0.2, -0.15) is 5.10 Å². The summed E-state index contributed by atoms with van der Waals surface area (Å²) >= 11 is 0. The molecule has 0 saturated heterocycles. The number of ether oxygens (including phenoxy) is 3. The molecular formula is C12H16N6O3. The maximum atomic E-state index is 5.55. The molecule has 0 aliphatic carbocycles. The van der Waals surface area contributed by atoms with Crippen LogP contribution in [-0.4, -0.2) is 42.4 Å². The fourth-order valence-electron chi connectivity index (χ4n) is 1.66. The lowest BCUT2D eigenvalue weighted by Gasteiger charge is -2.12. The van der Waals surface area contributed by atoms with Crippen molar-refractivity contribution in [1.29, 1.82) is 0 Å². The molecule has 21 heavy (non-hydrogen) atoms. The quantitative estimate of drug-likeness (QED) is 0.452. The van der Waals surface area contributed by atoms with Crippen LogP contribution in [0.4, 0.5) is 5.95 Å². The van der Waals surface area contributed by atoms with Crippen LogP contribution >= 0.6 is 0 Å². The highest BCUT2D eigenvalue weighted by Gasteiger charge is 2.12. The Morgan fingerprint density at radius 2 is 1.86 bits per heavy atom. The number of nitrogens with two attached hydrogens (primary N) is 1. The molecule has 0 saturated carbocycles. The molecule has 1 heterocycles. The second kappa shape index (κ2) is 6.46. The molecule has 0 aliphatic heterocycles. The van der Waals surface area contributed by atoms with E-state index in [0.717, 1.165) is 5.56 Å². The fraction of sp³-hybridized carbons (Fsp3) is 0.250. The average molecular weight is 292 g/mol. The zero-order chi connectivity index (χ0) is 15.2. The highest BCUT2D eigenvalue weighted by molar-refractivity contribution is 5.82. The molecule has 112 valence electrons. The molecule has 9 nitrogen and oxygen atoms in total. The van der Waals surface area contributed by atoms with E-state index >= 15 is 0 Å². The Hall–Kier alpha value is -2.97. The molecule has 0 atom stereocenters. The molecule has 9 heteroatoms. The summed E-state index contributed by atoms with van der Waals surface area (Å²) in [4.78, 5) is 0. The lowest BCUT2D eigenvalue weighted by Crippen LogP contribution is -2.10. The molecule has 3 N–H and O–H groups in total. The van der Waals surface area contributed by atoms with E-state index in [1.54, 1.807) is 39.7 Å². The van der Waals surface area contributed by atoms with Crippen molar-refractivity contribution in [3.05, 3.63) is 24.0 Å². The first-order valence-electron chi connectivity index (χ1n) is 5.93. The monoisotopic (exact) mass is 292 g/mol. The van der Waals surface area contributed by atoms with Crippen molar-refractivity contribution in [2.24, 2.45) is 5.10 Å². The highest BCUT2D eigenvalue weighted by atomic mass is 16.5. The van der Waals surface area contributed by atoms with Crippen molar-refractivity contribution >= 4 is 12.2 Å². The molecule has 2 rings (SSSR count). The summed E-state index contributed by atoms with van der Waals surface area (Å²) < 4.78 is 17.0. The summed E-state index contributed by atoms with van der Waals surface area (Å²) in [5.41, 5.74) is 3.42. The normalized spacial score (nSPS) is 10.6. The van der Waals surface area contributed by atoms with Crippen LogP contribution in [0.2, 0.25) is 0 Å². The largest absolute Gasteiger partial charge is 0.493 e. The Kier molecular flexibility index (Phi) is 4.44. The third-order valence-corrected chi connectivity index (χ3v) is 2.64. The highest BCUT2D eigenvalue weighted by Crippen LogP contribution is 2.37. The summed E-state index contributed by atoms with van der Waals surface area (Å²) in [6.45, 7) is 0. The molecule has 2 aromatic rings. The Balaban J connectivity index is 2.22. The summed E-state index contributed by atoms with van der Waals surface area (Å²) in [5.74, 6) is 7.47. The summed E-state index contributed by atoms with van der Waals surface area (Å²) in [6, 6.07) is 3.53. The summed E-state index contributed by atoms with van der Waals surface area (Å²) in [6.07, 6.45) is 2.93. The number of benzene rings is 1. The fourth-order valence-corrected chi connectivity index (χ4v) is 1.66. The molecule has 0 spiro atoms. The topological polar surface area (TPSA) is 109 Å². The van der Waals surface area contributed by atoms with Gasteiger partial charge in [-0.25, -0.2) is 10.1 Å². The summed E-state index contributed by atoms with van der Waals surface area (Å²) in [7, 11) is 4.64. The molecule has 1 aromatic carbocycles. The second-order valence-electron chi connectivity index (χ2n) is 3.89. The second-order valence-corrected chi connectivity index (χ2v) is 3.89. The van der Waals surface area contributed by atoms with Crippen LogP contribution in [0.5, 0.6) is 17.2 Å². The van der Waals surface area contributed by atoms with E-state index in [2.05, 4.69) is 20.7 Å². The van der Waals surface area contributed by atoms with Gasteiger partial charge in [-0.05, 0) is 12.1 Å². The van der Waals surface area contributed by atoms with E-state index < -0.39 is 0 Å². The van der Waals surface area contributed by atoms with Crippen LogP contribution in [0, 0.1) is 0 Å². The Bertz CT molecular complexity index is 615. The number of nitrogens with one attached hydrogen (secondary N) is 1. The van der Waals surface area contributed by atoms with Crippen molar-refractivity contribution in [3.8, 4) is 17.2 Å². The first kappa shape index (κ1) is 14.4. The summed E-state index contributed by atoms with van der Waals surface area (Å²) in [5, 5.41) is 11.4. The number of hydrogen-bond donors (Lipinski definition) is 2. The van der Waals surface area contributed by atoms with Crippen molar-refractivity contribution in [2.75, 3.05) is 32.6 Å². The Morgan fingerprint density at radius 3 is 2.33 bits per heavy atom. The van der Waals surface area contributed by atoms with Crippen LogP contribution in [0.15, 0.2) is 23.6 Å². The first-order chi connectivity index (χ1) is 10.2. The molecule has 1 aromatic heterocycles. The van der Waals surface area contributed by atoms with Gasteiger partial charge in [0.1, 0.15) is 6.33 Å². The standard InChI is InChI=1S/C12H16N6O3/c1-19-9-4-8(5-10(20-2)11(9)21-3)6-14-16-12-17-15-7-18(12)13/h4-7H,13H2,1-3H3,(H,16,17)/b14-6-. The third-order valence-electron chi connectivity index (χ3n) is 2.64. The smallest absolute Gasteiger partial charge is 0.263 e. The minimum Gasteiger partial charge on any atom is -0.493 e. The van der Waals surface area contributed by atoms with Gasteiger partial charge in [0.05, 0.1) is 27.5 Å². The lowest BCUT2D eigenvalue weighted by atomic mass is 10.2. The maximum absolute atomic E-state index is 5.55. The Labute approximate surface area is 121 Å². The molecule has 0 unspecified atom stereocenters. The van der Waals surface area contributed by atoms with Gasteiger partial charge in [-0.15, -0.1) is 10.2 Å². The van der Waals surface area contributed by atoms with Crippen molar-refractivity contribution in [3.63, 3.8) is 0 Å². The predicted molar refractivity (Wildman–Crippen MR) is 77.5 cm³/mol. The zero-order valence-corrected chi connectivity index (χ0v) is 11.9. The van der Waals surface area contributed by atoms with Crippen LogP contribution < -0.4 is 25.5 Å². The molecular weight excluding hydrogens is 276 g/mol. The van der Waals surface area contributed by atoms with E-state index in [4.69, 9.17) is 20.1 Å². The van der Waals surface area contributed by atoms with Crippen LogP contribution in [0.3, 0.4) is 0 Å². The minimum absolute atomic E-state index is 0.318. The van der Waals surface area contributed by atoms with Crippen LogP contribution in [-0.2, 0) is 0 Å². The van der Waals surface area contributed by atoms with E-state index in [-0.39, 0.29) is 0 Å². The van der Waals surface area contributed by atoms with Crippen molar-refractivity contribution < 1.29 is 14.2 Å². The number of nitrogens with zero attached hydrogens (tertiary/aromatic N) is 4. The van der Waals surface area contributed by atoms with Gasteiger partial charge >= 0.3 is 0 Å². The predicted octanol–water partition coefficient (Wildman–Crippen LogP) is 0.464. The number of hydrogen-bond acceptors (Lipinski definition) is 8. The number of methoxy groups -OCH3 is 3. The van der Waals surface area contributed by atoms with E-state index in [9.17, 15) is 0 Å². The van der Waals surface area contributed by atoms with Gasteiger partial charge < -0.3 is 20.1 Å². The minimum atomic E-state index is 0.318. The van der Waals surface area contributed by atoms with Gasteiger partial charge in [-0.1, -0.05) is 0 Å². The molecule has 0 radical (unpaired) electrons. The van der Waals surface area contributed by atoms with Crippen molar-refractivity contribution in [2.45, 2.75) is 0 Å². The van der Waals surface area contributed by atoms with E-state index in [1.807, 2.05) is 0 Å². The SMILES string of the molecule is COc1cc(/C=N\Nc2nncn2N)cc(OC)c1OC. The average Bonchev–Trinajstić information content (AvgIpc) is 2.91. The number of nitrogen functional groups attached to an aromatic ring is 1. The molecule has 0 aliphatic rings. The lowest BCUT2D eigenvalue weighted by molar-refractivity contribution is 0.324. The number of anilines is 1. The Morgan fingerprint density at radius 1 is 1.19 bits per heavy atom. The maximum Gasteiger partial charge on any atom is 0.263 e. The van der Waals surface area contributed by atoms with Gasteiger partial charge in [0.2, 0.25) is 5.75 Å². The van der Waals surface area contributed by atoms with Gasteiger partial charge in [0.15, 0.2) is 11.5 Å². The molecule has 0 amide bonds. The van der Waals surface area contributed by atoms with Crippen molar-refractivity contribution in [1.82, 2.24) is 14.9 Å². The van der Waals surface area contributed by atoms with Gasteiger partial charge in [-0.3, -0.25) is 0 Å². The first-order valence-corrected chi connectivity index (χ1v) is 5.93. The number of hydrazone groups is 1. The van der Waals surface area contributed by atoms with Crippen LogP contribution in [0.1, 0.15) is 5.56 Å². The van der Waals surface area contributed by atoms with Gasteiger partial charge in [0.25, 0.3) is 5.95 Å². The molecule has 0 fully saturated rings.